The average molecular weight is 367 g/mol. The Labute approximate surface area is 153 Å². The summed E-state index contributed by atoms with van der Waals surface area (Å²) in [6.07, 6.45) is 5.24. The lowest BCUT2D eigenvalue weighted by atomic mass is 10.1. The molecule has 0 fully saturated rings. The highest BCUT2D eigenvalue weighted by atomic mass is 19.1. The highest BCUT2D eigenvalue weighted by Gasteiger charge is 2.09. The SMILES string of the molecule is Cc1cc(F)ccc1-c1cnc2nc(CCOc3ccnc(F)c3)cn2n1. The topological polar surface area (TPSA) is 65.2 Å². The van der Waals surface area contributed by atoms with Gasteiger partial charge in [-0.05, 0) is 36.8 Å². The molecular formula is C19H15F2N5O. The Kier molecular flexibility index (Phi) is 4.45. The minimum Gasteiger partial charge on any atom is -0.493 e. The van der Waals surface area contributed by atoms with Gasteiger partial charge in [-0.3, -0.25) is 0 Å². The molecule has 3 heterocycles. The Bertz CT molecular complexity index is 1110. The first-order valence-electron chi connectivity index (χ1n) is 8.31. The van der Waals surface area contributed by atoms with Gasteiger partial charge in [-0.25, -0.2) is 23.9 Å². The molecule has 0 amide bonds. The van der Waals surface area contributed by atoms with E-state index in [-0.39, 0.29) is 5.82 Å². The fourth-order valence-corrected chi connectivity index (χ4v) is 2.74. The second kappa shape index (κ2) is 7.06. The summed E-state index contributed by atoms with van der Waals surface area (Å²) in [5.41, 5.74) is 2.97. The van der Waals surface area contributed by atoms with Crippen molar-refractivity contribution < 1.29 is 13.5 Å². The maximum Gasteiger partial charge on any atom is 0.250 e. The molecule has 136 valence electrons. The predicted octanol–water partition coefficient (Wildman–Crippen LogP) is 3.39. The van der Waals surface area contributed by atoms with E-state index in [1.165, 1.54) is 24.4 Å². The highest BCUT2D eigenvalue weighted by molar-refractivity contribution is 5.62. The summed E-state index contributed by atoms with van der Waals surface area (Å²) in [6, 6.07) is 7.35. The lowest BCUT2D eigenvalue weighted by Crippen LogP contribution is -2.02. The van der Waals surface area contributed by atoms with E-state index in [2.05, 4.69) is 20.1 Å². The van der Waals surface area contributed by atoms with Crippen LogP contribution in [0.3, 0.4) is 0 Å². The van der Waals surface area contributed by atoms with E-state index >= 15 is 0 Å². The van der Waals surface area contributed by atoms with Crippen molar-refractivity contribution in [1.29, 1.82) is 0 Å². The van der Waals surface area contributed by atoms with Gasteiger partial charge in [-0.2, -0.15) is 9.49 Å². The zero-order chi connectivity index (χ0) is 18.8. The molecule has 0 saturated heterocycles. The van der Waals surface area contributed by atoms with E-state index < -0.39 is 5.95 Å². The number of aryl methyl sites for hydroxylation is 1. The van der Waals surface area contributed by atoms with Gasteiger partial charge in [0.05, 0.1) is 24.7 Å². The van der Waals surface area contributed by atoms with Crippen molar-refractivity contribution in [2.75, 3.05) is 6.61 Å². The molecule has 0 atom stereocenters. The first-order chi connectivity index (χ1) is 13.1. The van der Waals surface area contributed by atoms with Gasteiger partial charge in [-0.15, -0.1) is 0 Å². The smallest absolute Gasteiger partial charge is 0.250 e. The first-order valence-corrected chi connectivity index (χ1v) is 8.31. The molecule has 8 heteroatoms. The summed E-state index contributed by atoms with van der Waals surface area (Å²) in [7, 11) is 0. The number of ether oxygens (including phenoxy) is 1. The van der Waals surface area contributed by atoms with E-state index in [9.17, 15) is 8.78 Å². The van der Waals surface area contributed by atoms with Crippen LogP contribution in [0.15, 0.2) is 48.9 Å². The molecule has 4 rings (SSSR count). The summed E-state index contributed by atoms with van der Waals surface area (Å²) >= 11 is 0. The fourth-order valence-electron chi connectivity index (χ4n) is 2.74. The van der Waals surface area contributed by atoms with Crippen molar-refractivity contribution in [2.24, 2.45) is 0 Å². The Morgan fingerprint density at radius 3 is 2.81 bits per heavy atom. The number of imidazole rings is 1. The molecule has 0 radical (unpaired) electrons. The molecule has 0 unspecified atom stereocenters. The molecule has 0 aliphatic carbocycles. The van der Waals surface area contributed by atoms with Crippen LogP contribution in [0.1, 0.15) is 11.3 Å². The van der Waals surface area contributed by atoms with E-state index in [4.69, 9.17) is 4.74 Å². The van der Waals surface area contributed by atoms with Crippen LogP contribution in [-0.4, -0.2) is 31.2 Å². The van der Waals surface area contributed by atoms with E-state index in [0.717, 1.165) is 16.8 Å². The molecule has 0 spiro atoms. The number of benzene rings is 1. The van der Waals surface area contributed by atoms with Gasteiger partial charge in [0.15, 0.2) is 0 Å². The largest absolute Gasteiger partial charge is 0.493 e. The third-order valence-corrected chi connectivity index (χ3v) is 4.03. The lowest BCUT2D eigenvalue weighted by molar-refractivity contribution is 0.318. The van der Waals surface area contributed by atoms with Crippen molar-refractivity contribution in [2.45, 2.75) is 13.3 Å². The number of hydrogen-bond acceptors (Lipinski definition) is 5. The number of nitrogens with zero attached hydrogens (tertiary/aromatic N) is 5. The standard InChI is InChI=1S/C19H15F2N5O/c1-12-8-13(20)2-3-16(12)17-10-23-19-24-14(11-26(19)25-17)5-7-27-15-4-6-22-18(21)9-15/h2-4,6,8-11H,5,7H2,1H3. The van der Waals surface area contributed by atoms with E-state index in [1.54, 1.807) is 29.0 Å². The third kappa shape index (κ3) is 3.74. The van der Waals surface area contributed by atoms with Gasteiger partial charge >= 0.3 is 0 Å². The van der Waals surface area contributed by atoms with Gasteiger partial charge in [-0.1, -0.05) is 0 Å². The molecule has 0 bridgehead atoms. The highest BCUT2D eigenvalue weighted by Crippen LogP contribution is 2.21. The maximum atomic E-state index is 13.3. The molecular weight excluding hydrogens is 352 g/mol. The third-order valence-electron chi connectivity index (χ3n) is 4.03. The van der Waals surface area contributed by atoms with Crippen LogP contribution in [0.25, 0.3) is 17.0 Å². The quantitative estimate of drug-likeness (QED) is 0.506. The van der Waals surface area contributed by atoms with Crippen molar-refractivity contribution in [3.05, 3.63) is 71.9 Å². The molecule has 1 aromatic carbocycles. The predicted molar refractivity (Wildman–Crippen MR) is 94.3 cm³/mol. The molecule has 0 aliphatic rings. The van der Waals surface area contributed by atoms with Gasteiger partial charge < -0.3 is 4.74 Å². The second-order valence-electron chi connectivity index (χ2n) is 5.99. The van der Waals surface area contributed by atoms with Crippen LogP contribution in [0.5, 0.6) is 5.75 Å². The minimum absolute atomic E-state index is 0.288. The van der Waals surface area contributed by atoms with Crippen LogP contribution in [0.2, 0.25) is 0 Å². The van der Waals surface area contributed by atoms with Crippen LogP contribution in [0, 0.1) is 18.7 Å². The van der Waals surface area contributed by atoms with Gasteiger partial charge in [0, 0.05) is 24.2 Å². The Morgan fingerprint density at radius 2 is 2.00 bits per heavy atom. The van der Waals surface area contributed by atoms with Crippen LogP contribution in [0.4, 0.5) is 8.78 Å². The lowest BCUT2D eigenvalue weighted by Gasteiger charge is -2.04. The van der Waals surface area contributed by atoms with Gasteiger partial charge in [0.25, 0.3) is 5.78 Å². The summed E-state index contributed by atoms with van der Waals surface area (Å²) in [6.45, 7) is 2.15. The molecule has 6 nitrogen and oxygen atoms in total. The van der Waals surface area contributed by atoms with E-state index in [0.29, 0.717) is 30.2 Å². The van der Waals surface area contributed by atoms with Crippen LogP contribution < -0.4 is 4.74 Å². The van der Waals surface area contributed by atoms with Gasteiger partial charge in [0.2, 0.25) is 5.95 Å². The molecule has 3 aromatic heterocycles. The number of halogens is 2. The van der Waals surface area contributed by atoms with Gasteiger partial charge in [0.1, 0.15) is 17.3 Å². The molecule has 0 N–H and O–H groups in total. The summed E-state index contributed by atoms with van der Waals surface area (Å²) in [5, 5.41) is 4.51. The normalized spacial score (nSPS) is 11.1. The molecule has 0 aliphatic heterocycles. The zero-order valence-corrected chi connectivity index (χ0v) is 14.4. The summed E-state index contributed by atoms with van der Waals surface area (Å²) < 4.78 is 33.4. The van der Waals surface area contributed by atoms with Crippen molar-refractivity contribution in [3.8, 4) is 17.0 Å². The zero-order valence-electron chi connectivity index (χ0n) is 14.4. The number of pyridine rings is 1. The number of fused-ring (bicyclic) bond motifs is 1. The first kappa shape index (κ1) is 17.0. The molecule has 27 heavy (non-hydrogen) atoms. The molecule has 0 saturated carbocycles. The van der Waals surface area contributed by atoms with Crippen molar-refractivity contribution in [3.63, 3.8) is 0 Å². The number of aromatic nitrogens is 5. The van der Waals surface area contributed by atoms with Crippen molar-refractivity contribution in [1.82, 2.24) is 24.6 Å². The van der Waals surface area contributed by atoms with Crippen molar-refractivity contribution >= 4 is 5.78 Å². The number of rotatable bonds is 5. The summed E-state index contributed by atoms with van der Waals surface area (Å²) in [4.78, 5) is 12.2. The monoisotopic (exact) mass is 367 g/mol. The Hall–Kier alpha value is -3.42. The van der Waals surface area contributed by atoms with Crippen LogP contribution in [-0.2, 0) is 6.42 Å². The average Bonchev–Trinajstić information content (AvgIpc) is 3.03. The van der Waals surface area contributed by atoms with Crippen LogP contribution >= 0.6 is 0 Å². The summed E-state index contributed by atoms with van der Waals surface area (Å²) in [5.74, 6) is 0.00147. The maximum absolute atomic E-state index is 13.3. The molecule has 4 aromatic rings. The number of hydrogen-bond donors (Lipinski definition) is 0. The Balaban J connectivity index is 1.50. The van der Waals surface area contributed by atoms with E-state index in [1.807, 2.05) is 6.92 Å². The fraction of sp³-hybridized carbons (Fsp3) is 0.158. The minimum atomic E-state index is -0.586. The second-order valence-corrected chi connectivity index (χ2v) is 5.99. The Morgan fingerprint density at radius 1 is 1.11 bits per heavy atom.